The fraction of sp³-hybridized carbons (Fsp3) is 0.471. The van der Waals surface area contributed by atoms with Crippen LogP contribution >= 0.6 is 0 Å². The second-order valence-corrected chi connectivity index (χ2v) is 5.41. The van der Waals surface area contributed by atoms with Crippen LogP contribution in [-0.2, 0) is 13.5 Å². The molecule has 1 aromatic heterocycles. The van der Waals surface area contributed by atoms with E-state index in [4.69, 9.17) is 0 Å². The first-order valence-corrected chi connectivity index (χ1v) is 7.68. The van der Waals surface area contributed by atoms with Crippen molar-refractivity contribution < 1.29 is 4.39 Å². The molecule has 3 nitrogen and oxygen atoms in total. The Labute approximate surface area is 126 Å². The molecule has 2 rings (SSSR count). The van der Waals surface area contributed by atoms with Crippen LogP contribution < -0.4 is 5.32 Å². The molecule has 1 aromatic carbocycles. The van der Waals surface area contributed by atoms with E-state index in [-0.39, 0.29) is 11.9 Å². The SMILES string of the molecule is CCCCC(Nc1cn(C)nc1CC)c1ccc(F)cc1. The van der Waals surface area contributed by atoms with E-state index in [1.807, 2.05) is 30.1 Å². The molecule has 2 aromatic rings. The van der Waals surface area contributed by atoms with Gasteiger partial charge in [0.05, 0.1) is 17.4 Å². The Hall–Kier alpha value is -1.84. The third kappa shape index (κ3) is 4.06. The van der Waals surface area contributed by atoms with E-state index in [9.17, 15) is 4.39 Å². The lowest BCUT2D eigenvalue weighted by molar-refractivity contribution is 0.616. The van der Waals surface area contributed by atoms with Crippen LogP contribution in [0, 0.1) is 5.82 Å². The van der Waals surface area contributed by atoms with Gasteiger partial charge in [-0.3, -0.25) is 4.68 Å². The minimum absolute atomic E-state index is 0.191. The van der Waals surface area contributed by atoms with Gasteiger partial charge in [-0.05, 0) is 30.5 Å². The average molecular weight is 289 g/mol. The van der Waals surface area contributed by atoms with Crippen molar-refractivity contribution in [3.05, 3.63) is 47.5 Å². The highest BCUT2D eigenvalue weighted by atomic mass is 19.1. The molecule has 114 valence electrons. The summed E-state index contributed by atoms with van der Waals surface area (Å²) in [5.41, 5.74) is 3.27. The number of hydrogen-bond acceptors (Lipinski definition) is 2. The summed E-state index contributed by atoms with van der Waals surface area (Å²) in [6, 6.07) is 6.98. The number of aromatic nitrogens is 2. The largest absolute Gasteiger partial charge is 0.375 e. The second-order valence-electron chi connectivity index (χ2n) is 5.41. The van der Waals surface area contributed by atoms with Crippen LogP contribution in [0.2, 0.25) is 0 Å². The minimum Gasteiger partial charge on any atom is -0.375 e. The quantitative estimate of drug-likeness (QED) is 0.815. The van der Waals surface area contributed by atoms with Gasteiger partial charge < -0.3 is 5.32 Å². The van der Waals surface area contributed by atoms with Gasteiger partial charge in [-0.25, -0.2) is 4.39 Å². The van der Waals surface area contributed by atoms with Crippen LogP contribution in [-0.4, -0.2) is 9.78 Å². The Morgan fingerprint density at radius 1 is 1.24 bits per heavy atom. The zero-order chi connectivity index (χ0) is 15.2. The number of rotatable bonds is 7. The first kappa shape index (κ1) is 15.5. The highest BCUT2D eigenvalue weighted by Gasteiger charge is 2.14. The maximum atomic E-state index is 13.1. The van der Waals surface area contributed by atoms with Gasteiger partial charge >= 0.3 is 0 Å². The molecule has 0 aliphatic rings. The lowest BCUT2D eigenvalue weighted by atomic mass is 10.0. The van der Waals surface area contributed by atoms with Gasteiger partial charge in [0.1, 0.15) is 5.82 Å². The predicted octanol–water partition coefficient (Wildman–Crippen LogP) is 4.47. The molecule has 0 saturated carbocycles. The molecule has 1 heterocycles. The van der Waals surface area contributed by atoms with Gasteiger partial charge in [0, 0.05) is 13.2 Å². The third-order valence-electron chi connectivity index (χ3n) is 3.69. The maximum Gasteiger partial charge on any atom is 0.123 e. The van der Waals surface area contributed by atoms with E-state index in [0.29, 0.717) is 0 Å². The lowest BCUT2D eigenvalue weighted by Crippen LogP contribution is -2.11. The summed E-state index contributed by atoms with van der Waals surface area (Å²) in [7, 11) is 1.93. The van der Waals surface area contributed by atoms with Crippen molar-refractivity contribution in [1.29, 1.82) is 0 Å². The first-order valence-electron chi connectivity index (χ1n) is 7.68. The zero-order valence-electron chi connectivity index (χ0n) is 13.1. The highest BCUT2D eigenvalue weighted by molar-refractivity contribution is 5.48. The standard InChI is InChI=1S/C17H24FN3/c1-4-6-7-16(13-8-10-14(18)11-9-13)19-17-12-21(3)20-15(17)5-2/h8-12,16,19H,4-7H2,1-3H3. The molecule has 0 aliphatic heterocycles. The molecule has 0 saturated heterocycles. The van der Waals surface area contributed by atoms with Crippen LogP contribution in [0.25, 0.3) is 0 Å². The smallest absolute Gasteiger partial charge is 0.123 e. The van der Waals surface area contributed by atoms with Crippen molar-refractivity contribution in [2.24, 2.45) is 7.05 Å². The summed E-state index contributed by atoms with van der Waals surface area (Å²) < 4.78 is 15.0. The number of nitrogens with zero attached hydrogens (tertiary/aromatic N) is 2. The Morgan fingerprint density at radius 2 is 1.95 bits per heavy atom. The van der Waals surface area contributed by atoms with Crippen LogP contribution in [0.1, 0.15) is 50.4 Å². The van der Waals surface area contributed by atoms with E-state index >= 15 is 0 Å². The summed E-state index contributed by atoms with van der Waals surface area (Å²) in [5, 5.41) is 8.05. The molecule has 0 fully saturated rings. The summed E-state index contributed by atoms with van der Waals surface area (Å²) >= 11 is 0. The fourth-order valence-corrected chi connectivity index (χ4v) is 2.53. The Kier molecular flexibility index (Phi) is 5.37. The Morgan fingerprint density at radius 3 is 2.57 bits per heavy atom. The molecular weight excluding hydrogens is 265 g/mol. The topological polar surface area (TPSA) is 29.9 Å². The van der Waals surface area contributed by atoms with Gasteiger partial charge in [0.15, 0.2) is 0 Å². The van der Waals surface area contributed by atoms with Crippen LogP contribution in [0.5, 0.6) is 0 Å². The molecule has 0 radical (unpaired) electrons. The molecule has 0 aliphatic carbocycles. The normalized spacial score (nSPS) is 12.4. The number of nitrogens with one attached hydrogen (secondary N) is 1. The van der Waals surface area contributed by atoms with Crippen molar-refractivity contribution in [1.82, 2.24) is 9.78 Å². The second kappa shape index (κ2) is 7.25. The number of hydrogen-bond donors (Lipinski definition) is 1. The zero-order valence-corrected chi connectivity index (χ0v) is 13.1. The van der Waals surface area contributed by atoms with Crippen LogP contribution in [0.15, 0.2) is 30.5 Å². The minimum atomic E-state index is -0.191. The Balaban J connectivity index is 2.21. The van der Waals surface area contributed by atoms with E-state index in [1.54, 1.807) is 0 Å². The lowest BCUT2D eigenvalue weighted by Gasteiger charge is -2.20. The third-order valence-corrected chi connectivity index (χ3v) is 3.69. The summed E-state index contributed by atoms with van der Waals surface area (Å²) in [4.78, 5) is 0. The number of benzene rings is 1. The summed E-state index contributed by atoms with van der Waals surface area (Å²) in [6.45, 7) is 4.29. The van der Waals surface area contributed by atoms with E-state index in [2.05, 4.69) is 24.3 Å². The molecule has 0 bridgehead atoms. The van der Waals surface area contributed by atoms with Crippen molar-refractivity contribution in [3.8, 4) is 0 Å². The predicted molar refractivity (Wildman–Crippen MR) is 84.9 cm³/mol. The highest BCUT2D eigenvalue weighted by Crippen LogP contribution is 2.26. The van der Waals surface area contributed by atoms with Crippen molar-refractivity contribution in [2.45, 2.75) is 45.6 Å². The van der Waals surface area contributed by atoms with Gasteiger partial charge in [-0.2, -0.15) is 5.10 Å². The summed E-state index contributed by atoms with van der Waals surface area (Å²) in [5.74, 6) is -0.191. The van der Waals surface area contributed by atoms with Crippen LogP contribution in [0.4, 0.5) is 10.1 Å². The molecule has 0 spiro atoms. The number of aryl methyl sites for hydroxylation is 2. The maximum absolute atomic E-state index is 13.1. The van der Waals surface area contributed by atoms with E-state index < -0.39 is 0 Å². The first-order chi connectivity index (χ1) is 10.1. The van der Waals surface area contributed by atoms with Gasteiger partial charge in [0.2, 0.25) is 0 Å². The van der Waals surface area contributed by atoms with Gasteiger partial charge in [-0.15, -0.1) is 0 Å². The summed E-state index contributed by atoms with van der Waals surface area (Å²) in [6.07, 6.45) is 6.22. The molecule has 1 unspecified atom stereocenters. The fourth-order valence-electron chi connectivity index (χ4n) is 2.53. The molecule has 1 atom stereocenters. The number of unbranched alkanes of at least 4 members (excludes halogenated alkanes) is 1. The molecule has 0 amide bonds. The molecule has 4 heteroatoms. The van der Waals surface area contributed by atoms with E-state index in [1.165, 1.54) is 12.1 Å². The average Bonchev–Trinajstić information content (AvgIpc) is 2.84. The van der Waals surface area contributed by atoms with Gasteiger partial charge in [-0.1, -0.05) is 38.8 Å². The van der Waals surface area contributed by atoms with Crippen molar-refractivity contribution >= 4 is 5.69 Å². The number of anilines is 1. The van der Waals surface area contributed by atoms with Crippen molar-refractivity contribution in [2.75, 3.05) is 5.32 Å². The number of halogens is 1. The monoisotopic (exact) mass is 289 g/mol. The molecule has 21 heavy (non-hydrogen) atoms. The van der Waals surface area contributed by atoms with E-state index in [0.717, 1.165) is 42.6 Å². The van der Waals surface area contributed by atoms with Crippen LogP contribution in [0.3, 0.4) is 0 Å². The molecular formula is C17H24FN3. The van der Waals surface area contributed by atoms with Crippen molar-refractivity contribution in [3.63, 3.8) is 0 Å². The molecule has 1 N–H and O–H groups in total. The van der Waals surface area contributed by atoms with Gasteiger partial charge in [0.25, 0.3) is 0 Å². The Bertz CT molecular complexity index is 560.